The predicted octanol–water partition coefficient (Wildman–Crippen LogP) is 4.53. The number of likely N-dealkylation sites (N-methyl/N-ethyl adjacent to an activating group) is 1. The van der Waals surface area contributed by atoms with Crippen LogP contribution in [0.1, 0.15) is 36.1 Å². The van der Waals surface area contributed by atoms with Gasteiger partial charge in [0, 0.05) is 19.5 Å². The molecule has 2 amide bonds. The molecule has 0 spiro atoms. The van der Waals surface area contributed by atoms with Gasteiger partial charge in [0.2, 0.25) is 11.8 Å². The van der Waals surface area contributed by atoms with E-state index in [2.05, 4.69) is 5.32 Å². The van der Waals surface area contributed by atoms with Crippen LogP contribution in [0.5, 0.6) is 5.75 Å². The molecule has 32 heavy (non-hydrogen) atoms. The summed E-state index contributed by atoms with van der Waals surface area (Å²) in [6.45, 7) is 2.70. The van der Waals surface area contributed by atoms with Crippen molar-refractivity contribution in [3.63, 3.8) is 0 Å². The van der Waals surface area contributed by atoms with E-state index in [-0.39, 0.29) is 11.8 Å². The molecule has 166 valence electrons. The summed E-state index contributed by atoms with van der Waals surface area (Å²) in [6.07, 6.45) is 0.943. The zero-order valence-corrected chi connectivity index (χ0v) is 18.7. The first kappa shape index (κ1) is 23.1. The molecular weight excluding hydrogens is 400 g/mol. The van der Waals surface area contributed by atoms with Crippen LogP contribution < -0.4 is 10.1 Å². The Morgan fingerprint density at radius 1 is 0.875 bits per heavy atom. The second-order valence-electron chi connectivity index (χ2n) is 7.56. The predicted molar refractivity (Wildman–Crippen MR) is 126 cm³/mol. The smallest absolute Gasteiger partial charge is 0.247 e. The Morgan fingerprint density at radius 2 is 1.50 bits per heavy atom. The molecule has 0 bridgehead atoms. The largest absolute Gasteiger partial charge is 0.497 e. The summed E-state index contributed by atoms with van der Waals surface area (Å²) in [5.74, 6) is 0.504. The third-order valence-corrected chi connectivity index (χ3v) is 5.33. The first-order chi connectivity index (χ1) is 15.6. The van der Waals surface area contributed by atoms with Gasteiger partial charge in [0.25, 0.3) is 0 Å². The highest BCUT2D eigenvalue weighted by atomic mass is 16.5. The Morgan fingerprint density at radius 3 is 2.09 bits per heavy atom. The molecule has 0 heterocycles. The van der Waals surface area contributed by atoms with Gasteiger partial charge in [-0.25, -0.2) is 0 Å². The average Bonchev–Trinajstić information content (AvgIpc) is 2.84. The lowest BCUT2D eigenvalue weighted by molar-refractivity contribution is -0.141. The minimum Gasteiger partial charge on any atom is -0.497 e. The van der Waals surface area contributed by atoms with Gasteiger partial charge < -0.3 is 15.0 Å². The zero-order valence-electron chi connectivity index (χ0n) is 18.7. The fourth-order valence-corrected chi connectivity index (χ4v) is 3.67. The summed E-state index contributed by atoms with van der Waals surface area (Å²) in [5, 5.41) is 2.90. The van der Waals surface area contributed by atoms with Crippen molar-refractivity contribution in [3.8, 4) is 5.75 Å². The van der Waals surface area contributed by atoms with Crippen molar-refractivity contribution in [2.24, 2.45) is 0 Å². The lowest BCUT2D eigenvalue weighted by Crippen LogP contribution is -2.43. The van der Waals surface area contributed by atoms with E-state index in [0.717, 1.165) is 22.4 Å². The number of benzene rings is 3. The Bertz CT molecular complexity index is 988. The van der Waals surface area contributed by atoms with Crippen LogP contribution in [0.15, 0.2) is 84.9 Å². The zero-order chi connectivity index (χ0) is 22.8. The molecule has 0 aliphatic heterocycles. The number of nitrogens with zero attached hydrogens (tertiary/aromatic N) is 1. The van der Waals surface area contributed by atoms with Crippen molar-refractivity contribution in [3.05, 3.63) is 102 Å². The van der Waals surface area contributed by atoms with Crippen LogP contribution in [0.25, 0.3) is 0 Å². The van der Waals surface area contributed by atoms with Crippen molar-refractivity contribution >= 4 is 11.8 Å². The van der Waals surface area contributed by atoms with Gasteiger partial charge in [0.15, 0.2) is 0 Å². The van der Waals surface area contributed by atoms with E-state index in [4.69, 9.17) is 4.74 Å². The number of hydrogen-bond donors (Lipinski definition) is 1. The molecule has 0 aliphatic rings. The molecule has 3 aromatic rings. The van der Waals surface area contributed by atoms with Gasteiger partial charge in [-0.1, -0.05) is 72.8 Å². The minimum atomic E-state index is -0.707. The van der Waals surface area contributed by atoms with E-state index in [9.17, 15) is 9.59 Å². The number of rotatable bonds is 10. The van der Waals surface area contributed by atoms with E-state index in [1.807, 2.05) is 91.9 Å². The van der Waals surface area contributed by atoms with Crippen LogP contribution in [0.3, 0.4) is 0 Å². The summed E-state index contributed by atoms with van der Waals surface area (Å²) < 4.78 is 5.25. The standard InChI is InChI=1S/C27H30N2O3/c1-3-28-27(31)26(23-12-8-5-9-13-23)29(20-22-14-17-24(32-2)18-15-22)25(30)19-16-21-10-6-4-7-11-21/h4-15,17-18,26H,3,16,19-20H2,1-2H3,(H,28,31)/t26-/m0/s1. The highest BCUT2D eigenvalue weighted by Gasteiger charge is 2.31. The number of aryl methyl sites for hydroxylation is 1. The second-order valence-corrected chi connectivity index (χ2v) is 7.56. The molecule has 0 aromatic heterocycles. The third kappa shape index (κ3) is 6.20. The van der Waals surface area contributed by atoms with E-state index in [1.54, 1.807) is 12.0 Å². The highest BCUT2D eigenvalue weighted by Crippen LogP contribution is 2.25. The van der Waals surface area contributed by atoms with Gasteiger partial charge in [-0.3, -0.25) is 9.59 Å². The fourth-order valence-electron chi connectivity index (χ4n) is 3.67. The Hall–Kier alpha value is -3.60. The monoisotopic (exact) mass is 430 g/mol. The molecule has 0 fully saturated rings. The summed E-state index contributed by atoms with van der Waals surface area (Å²) in [4.78, 5) is 28.3. The molecule has 5 heteroatoms. The number of hydrogen-bond acceptors (Lipinski definition) is 3. The number of carbonyl (C=O) groups excluding carboxylic acids is 2. The fraction of sp³-hybridized carbons (Fsp3) is 0.259. The van der Waals surface area contributed by atoms with Crippen molar-refractivity contribution < 1.29 is 14.3 Å². The van der Waals surface area contributed by atoms with Gasteiger partial charge in [-0.2, -0.15) is 0 Å². The second kappa shape index (κ2) is 11.7. The quantitative estimate of drug-likeness (QED) is 0.514. The van der Waals surface area contributed by atoms with Crippen LogP contribution in [-0.2, 0) is 22.6 Å². The average molecular weight is 431 g/mol. The van der Waals surface area contributed by atoms with E-state index < -0.39 is 6.04 Å². The summed E-state index contributed by atoms with van der Waals surface area (Å²) in [7, 11) is 1.62. The summed E-state index contributed by atoms with van der Waals surface area (Å²) in [5.41, 5.74) is 2.82. The maximum atomic E-state index is 13.5. The highest BCUT2D eigenvalue weighted by molar-refractivity contribution is 5.88. The molecule has 1 N–H and O–H groups in total. The Kier molecular flexibility index (Phi) is 8.44. The topological polar surface area (TPSA) is 58.6 Å². The molecule has 0 saturated carbocycles. The molecule has 1 atom stereocenters. The van der Waals surface area contributed by atoms with E-state index >= 15 is 0 Å². The summed E-state index contributed by atoms with van der Waals surface area (Å²) >= 11 is 0. The Balaban J connectivity index is 1.91. The molecular formula is C27H30N2O3. The number of ether oxygens (including phenoxy) is 1. The van der Waals surface area contributed by atoms with Crippen molar-refractivity contribution in [1.82, 2.24) is 10.2 Å². The van der Waals surface area contributed by atoms with E-state index in [0.29, 0.717) is 25.9 Å². The number of methoxy groups -OCH3 is 1. The first-order valence-electron chi connectivity index (χ1n) is 10.9. The summed E-state index contributed by atoms with van der Waals surface area (Å²) in [6, 6.07) is 26.3. The van der Waals surface area contributed by atoms with Gasteiger partial charge >= 0.3 is 0 Å². The molecule has 3 aromatic carbocycles. The van der Waals surface area contributed by atoms with Gasteiger partial charge in [-0.15, -0.1) is 0 Å². The van der Waals surface area contributed by atoms with Crippen LogP contribution in [0.2, 0.25) is 0 Å². The van der Waals surface area contributed by atoms with Gasteiger partial charge in [0.1, 0.15) is 11.8 Å². The van der Waals surface area contributed by atoms with Crippen molar-refractivity contribution in [2.45, 2.75) is 32.4 Å². The molecule has 0 saturated heterocycles. The lowest BCUT2D eigenvalue weighted by Gasteiger charge is -2.31. The number of nitrogens with one attached hydrogen (secondary N) is 1. The first-order valence-corrected chi connectivity index (χ1v) is 10.9. The van der Waals surface area contributed by atoms with Crippen LogP contribution in [0.4, 0.5) is 0 Å². The van der Waals surface area contributed by atoms with Crippen LogP contribution >= 0.6 is 0 Å². The maximum absolute atomic E-state index is 13.5. The number of carbonyl (C=O) groups is 2. The van der Waals surface area contributed by atoms with Gasteiger partial charge in [0.05, 0.1) is 7.11 Å². The minimum absolute atomic E-state index is 0.0650. The molecule has 0 unspecified atom stereocenters. The maximum Gasteiger partial charge on any atom is 0.247 e. The van der Waals surface area contributed by atoms with E-state index in [1.165, 1.54) is 0 Å². The Labute approximate surface area is 190 Å². The third-order valence-electron chi connectivity index (χ3n) is 5.33. The normalized spacial score (nSPS) is 11.4. The van der Waals surface area contributed by atoms with Crippen LogP contribution in [0, 0.1) is 0 Å². The number of amides is 2. The SMILES string of the molecule is CCNC(=O)[C@H](c1ccccc1)N(Cc1ccc(OC)cc1)C(=O)CCc1ccccc1. The van der Waals surface area contributed by atoms with Gasteiger partial charge in [-0.05, 0) is 42.2 Å². The lowest BCUT2D eigenvalue weighted by atomic mass is 10.0. The van der Waals surface area contributed by atoms with Crippen LogP contribution in [-0.4, -0.2) is 30.4 Å². The van der Waals surface area contributed by atoms with Crippen molar-refractivity contribution in [2.75, 3.05) is 13.7 Å². The van der Waals surface area contributed by atoms with Crippen molar-refractivity contribution in [1.29, 1.82) is 0 Å². The molecule has 0 radical (unpaired) electrons. The molecule has 0 aliphatic carbocycles. The molecule has 5 nitrogen and oxygen atoms in total. The molecule has 3 rings (SSSR count).